The van der Waals surface area contributed by atoms with E-state index in [0.29, 0.717) is 18.2 Å². The largest absolute Gasteiger partial charge is 0.480 e. The molecule has 0 saturated heterocycles. The van der Waals surface area contributed by atoms with Crippen LogP contribution in [-0.2, 0) is 11.2 Å². The van der Waals surface area contributed by atoms with Crippen molar-refractivity contribution < 1.29 is 19.2 Å². The van der Waals surface area contributed by atoms with Crippen molar-refractivity contribution in [2.45, 2.75) is 51.1 Å². The van der Waals surface area contributed by atoms with Gasteiger partial charge in [0.25, 0.3) is 0 Å². The quantitative estimate of drug-likeness (QED) is 0.649. The number of urea groups is 1. The van der Waals surface area contributed by atoms with Gasteiger partial charge in [-0.25, -0.2) is 4.79 Å². The molecule has 1 aromatic rings. The summed E-state index contributed by atoms with van der Waals surface area (Å²) < 4.78 is 4.91. The molecule has 3 N–H and O–H groups in total. The van der Waals surface area contributed by atoms with E-state index >= 15 is 0 Å². The number of carboxylic acids is 1. The molecule has 0 bridgehead atoms. The van der Waals surface area contributed by atoms with E-state index in [2.05, 4.69) is 20.8 Å². The minimum atomic E-state index is -0.798. The molecule has 9 heteroatoms. The molecule has 0 radical (unpaired) electrons. The topological polar surface area (TPSA) is 121 Å². The summed E-state index contributed by atoms with van der Waals surface area (Å²) in [5.74, 6) is 0.385. The Hall–Kier alpha value is -2.16. The number of hydrogen-bond donors (Lipinski definition) is 3. The third kappa shape index (κ3) is 4.44. The van der Waals surface area contributed by atoms with Crippen molar-refractivity contribution in [1.82, 2.24) is 20.4 Å². The van der Waals surface area contributed by atoms with Crippen molar-refractivity contribution in [3.05, 3.63) is 5.82 Å². The van der Waals surface area contributed by atoms with Gasteiger partial charge in [0.15, 0.2) is 5.82 Å². The second kappa shape index (κ2) is 7.16. The van der Waals surface area contributed by atoms with Crippen LogP contribution in [0.2, 0.25) is 0 Å². The van der Waals surface area contributed by atoms with Crippen LogP contribution in [0.4, 0.5) is 10.8 Å². The molecule has 24 heavy (non-hydrogen) atoms. The fraction of sp³-hybridized carbons (Fsp3) is 0.733. The first-order chi connectivity index (χ1) is 11.5. The van der Waals surface area contributed by atoms with Crippen LogP contribution in [0.5, 0.6) is 0 Å². The molecule has 1 heterocycles. The van der Waals surface area contributed by atoms with Crippen LogP contribution in [0.25, 0.3) is 0 Å². The summed E-state index contributed by atoms with van der Waals surface area (Å²) in [6, 6.07) is -0.0284. The molecule has 3 rings (SSSR count). The molecular formula is C15H23N5O4. The molecule has 2 saturated carbocycles. The average molecular weight is 337 g/mol. The third-order valence-corrected chi connectivity index (χ3v) is 4.50. The van der Waals surface area contributed by atoms with E-state index in [1.807, 2.05) is 11.8 Å². The molecule has 0 spiro atoms. The average Bonchev–Trinajstić information content (AvgIpc) is 3.18. The van der Waals surface area contributed by atoms with Gasteiger partial charge >= 0.3 is 18.0 Å². The van der Waals surface area contributed by atoms with Crippen molar-refractivity contribution in [3.8, 4) is 0 Å². The Morgan fingerprint density at radius 1 is 1.38 bits per heavy atom. The van der Waals surface area contributed by atoms with Gasteiger partial charge in [0.1, 0.15) is 0 Å². The van der Waals surface area contributed by atoms with Crippen LogP contribution in [-0.4, -0.2) is 57.3 Å². The van der Waals surface area contributed by atoms with E-state index in [1.165, 1.54) is 12.8 Å². The highest BCUT2D eigenvalue weighted by atomic mass is 16.5. The van der Waals surface area contributed by atoms with E-state index in [1.54, 1.807) is 0 Å². The molecule has 2 amide bonds. The Balaban J connectivity index is 1.41. The van der Waals surface area contributed by atoms with Crippen LogP contribution in [0.1, 0.15) is 38.4 Å². The number of carbonyl (C=O) groups excluding carboxylic acids is 1. The van der Waals surface area contributed by atoms with E-state index in [4.69, 9.17) is 9.63 Å². The van der Waals surface area contributed by atoms with Gasteiger partial charge < -0.3 is 14.9 Å². The van der Waals surface area contributed by atoms with Crippen LogP contribution < -0.4 is 10.6 Å². The number of nitrogens with zero attached hydrogens (tertiary/aromatic N) is 3. The van der Waals surface area contributed by atoms with E-state index in [0.717, 1.165) is 19.4 Å². The summed E-state index contributed by atoms with van der Waals surface area (Å²) in [4.78, 5) is 28.9. The number of carboxylic acid groups (broad SMARTS) is 1. The summed E-state index contributed by atoms with van der Waals surface area (Å²) >= 11 is 0. The van der Waals surface area contributed by atoms with Crippen LogP contribution in [0.3, 0.4) is 0 Å². The summed E-state index contributed by atoms with van der Waals surface area (Å²) in [5.41, 5.74) is 0. The maximum atomic E-state index is 11.9. The molecule has 2 aliphatic carbocycles. The highest BCUT2D eigenvalue weighted by molar-refractivity contribution is 5.87. The Kier molecular flexibility index (Phi) is 4.98. The molecule has 132 valence electrons. The number of aliphatic carboxylic acids is 1. The van der Waals surface area contributed by atoms with Gasteiger partial charge in [-0.15, -0.1) is 0 Å². The first kappa shape index (κ1) is 16.7. The van der Waals surface area contributed by atoms with Gasteiger partial charge in [0.05, 0.1) is 6.54 Å². The maximum Gasteiger partial charge on any atom is 0.329 e. The zero-order valence-corrected chi connectivity index (χ0v) is 13.7. The summed E-state index contributed by atoms with van der Waals surface area (Å²) in [6.45, 7) is 2.81. The van der Waals surface area contributed by atoms with Crippen molar-refractivity contribution in [3.63, 3.8) is 0 Å². The van der Waals surface area contributed by atoms with Gasteiger partial charge in [0.2, 0.25) is 0 Å². The standard InChI is InChI=1S/C15H23N5O4/c1-2-12-17-15(24-19-12)18-14(23)16-10-5-11(6-10)20(8-13(21)22)7-9-3-4-9/h9-11H,2-8H2,1H3,(H,21,22)(H2,16,17,18,19,23). The number of amides is 2. The molecule has 2 fully saturated rings. The Bertz CT molecular complexity index is 594. The smallest absolute Gasteiger partial charge is 0.329 e. The number of nitrogens with one attached hydrogen (secondary N) is 2. The van der Waals surface area contributed by atoms with E-state index < -0.39 is 5.97 Å². The lowest BCUT2D eigenvalue weighted by Gasteiger charge is -2.42. The highest BCUT2D eigenvalue weighted by Gasteiger charge is 2.37. The number of carbonyl (C=O) groups is 2. The maximum absolute atomic E-state index is 11.9. The predicted octanol–water partition coefficient (Wildman–Crippen LogP) is 1.08. The summed E-state index contributed by atoms with van der Waals surface area (Å²) in [6.07, 6.45) is 4.54. The molecule has 9 nitrogen and oxygen atoms in total. The Labute approximate surface area is 139 Å². The monoisotopic (exact) mass is 337 g/mol. The van der Waals surface area contributed by atoms with Crippen molar-refractivity contribution in [1.29, 1.82) is 0 Å². The first-order valence-corrected chi connectivity index (χ1v) is 8.39. The van der Waals surface area contributed by atoms with Crippen molar-refractivity contribution in [2.75, 3.05) is 18.4 Å². The first-order valence-electron chi connectivity index (χ1n) is 8.39. The Morgan fingerprint density at radius 2 is 2.12 bits per heavy atom. The predicted molar refractivity (Wildman–Crippen MR) is 84.6 cm³/mol. The number of hydrogen-bond acceptors (Lipinski definition) is 6. The van der Waals surface area contributed by atoms with Crippen LogP contribution >= 0.6 is 0 Å². The zero-order valence-electron chi connectivity index (χ0n) is 13.7. The van der Waals surface area contributed by atoms with Crippen LogP contribution in [0, 0.1) is 5.92 Å². The SMILES string of the molecule is CCc1noc(NC(=O)NC2CC(N(CC(=O)O)CC3CC3)C2)n1. The van der Waals surface area contributed by atoms with Crippen molar-refractivity contribution in [2.24, 2.45) is 5.92 Å². The van der Waals surface area contributed by atoms with Gasteiger partial charge in [-0.2, -0.15) is 4.98 Å². The summed E-state index contributed by atoms with van der Waals surface area (Å²) in [5, 5.41) is 18.1. The minimum absolute atomic E-state index is 0.0408. The fourth-order valence-electron chi connectivity index (χ4n) is 2.92. The third-order valence-electron chi connectivity index (χ3n) is 4.50. The number of rotatable bonds is 8. The molecule has 0 unspecified atom stereocenters. The lowest BCUT2D eigenvalue weighted by atomic mass is 9.85. The Morgan fingerprint density at radius 3 is 2.71 bits per heavy atom. The molecule has 0 atom stereocenters. The molecular weight excluding hydrogens is 314 g/mol. The lowest BCUT2D eigenvalue weighted by molar-refractivity contribution is -0.139. The van der Waals surface area contributed by atoms with E-state index in [9.17, 15) is 9.59 Å². The highest BCUT2D eigenvalue weighted by Crippen LogP contribution is 2.33. The van der Waals surface area contributed by atoms with Crippen LogP contribution in [0.15, 0.2) is 4.52 Å². The molecule has 0 aliphatic heterocycles. The molecule has 0 aromatic carbocycles. The minimum Gasteiger partial charge on any atom is -0.480 e. The van der Waals surface area contributed by atoms with Gasteiger partial charge in [0, 0.05) is 25.0 Å². The van der Waals surface area contributed by atoms with Gasteiger partial charge in [-0.05, 0) is 31.6 Å². The number of aromatic nitrogens is 2. The molecule has 2 aliphatic rings. The zero-order chi connectivity index (χ0) is 17.1. The van der Waals surface area contributed by atoms with Gasteiger partial charge in [-0.1, -0.05) is 12.1 Å². The lowest BCUT2D eigenvalue weighted by Crippen LogP contribution is -2.55. The normalized spacial score (nSPS) is 22.9. The second-order valence-electron chi connectivity index (χ2n) is 6.56. The number of aryl methyl sites for hydroxylation is 1. The van der Waals surface area contributed by atoms with E-state index in [-0.39, 0.29) is 30.7 Å². The fourth-order valence-corrected chi connectivity index (χ4v) is 2.92. The number of anilines is 1. The van der Waals surface area contributed by atoms with Gasteiger partial charge in [-0.3, -0.25) is 15.0 Å². The summed E-state index contributed by atoms with van der Waals surface area (Å²) in [7, 11) is 0. The second-order valence-corrected chi connectivity index (χ2v) is 6.56. The van der Waals surface area contributed by atoms with Crippen molar-refractivity contribution >= 4 is 18.0 Å². The molecule has 1 aromatic heterocycles.